The van der Waals surface area contributed by atoms with Gasteiger partial charge in [0.2, 0.25) is 5.95 Å². The summed E-state index contributed by atoms with van der Waals surface area (Å²) >= 11 is 0. The number of aromatic nitrogens is 3. The molecule has 3 rings (SSSR count). The third-order valence-electron chi connectivity index (χ3n) is 3.43. The second-order valence-corrected chi connectivity index (χ2v) is 5.59. The Morgan fingerprint density at radius 2 is 1.83 bits per heavy atom. The molecule has 11 heteroatoms. The fourth-order valence-corrected chi connectivity index (χ4v) is 2.31. The Kier molecular flexibility index (Phi) is 5.77. The molecule has 0 fully saturated rings. The maximum atomic E-state index is 12.6. The zero-order chi connectivity index (χ0) is 20.9. The Bertz CT molecular complexity index is 1000. The van der Waals surface area contributed by atoms with E-state index in [-0.39, 0.29) is 17.5 Å². The number of anilines is 3. The van der Waals surface area contributed by atoms with Crippen LogP contribution >= 0.6 is 0 Å². The molecule has 2 aromatic heterocycles. The average molecular weight is 405 g/mol. The van der Waals surface area contributed by atoms with Gasteiger partial charge in [-0.2, -0.15) is 4.98 Å². The Morgan fingerprint density at radius 1 is 1.07 bits per heavy atom. The molecule has 0 saturated heterocycles. The molecule has 2 heterocycles. The van der Waals surface area contributed by atoms with Crippen molar-refractivity contribution in [2.75, 3.05) is 17.2 Å². The second kappa shape index (κ2) is 8.42. The number of nitrogens with one attached hydrogen (secondary N) is 2. The minimum Gasteiger partial charge on any atom is -0.480 e. The molecule has 0 bridgehead atoms. The van der Waals surface area contributed by atoms with Gasteiger partial charge in [0.05, 0.1) is 17.1 Å². The van der Waals surface area contributed by atoms with Gasteiger partial charge in [0.1, 0.15) is 12.4 Å². The van der Waals surface area contributed by atoms with E-state index >= 15 is 0 Å². The number of nitrogens with zero attached hydrogens (tertiary/aromatic N) is 3. The highest BCUT2D eigenvalue weighted by atomic mass is 19.4. The monoisotopic (exact) mass is 405 g/mol. The zero-order valence-electron chi connectivity index (χ0n) is 14.6. The second-order valence-electron chi connectivity index (χ2n) is 5.59. The van der Waals surface area contributed by atoms with Crippen molar-refractivity contribution in [3.8, 4) is 17.1 Å². The van der Waals surface area contributed by atoms with E-state index in [1.807, 2.05) is 0 Å². The summed E-state index contributed by atoms with van der Waals surface area (Å²) < 4.78 is 41.9. The van der Waals surface area contributed by atoms with Crippen LogP contribution in [0.4, 0.5) is 30.6 Å². The third-order valence-corrected chi connectivity index (χ3v) is 3.43. The first-order valence-corrected chi connectivity index (χ1v) is 8.18. The Morgan fingerprint density at radius 3 is 2.52 bits per heavy atom. The smallest absolute Gasteiger partial charge is 0.480 e. The molecular weight excluding hydrogens is 391 g/mol. The van der Waals surface area contributed by atoms with Gasteiger partial charge in [-0.25, -0.2) is 4.98 Å². The first-order chi connectivity index (χ1) is 13.8. The van der Waals surface area contributed by atoms with Crippen LogP contribution in [0.25, 0.3) is 11.4 Å². The minimum atomic E-state index is -4.86. The first-order valence-electron chi connectivity index (χ1n) is 8.18. The number of alkyl halides is 3. The molecule has 0 radical (unpaired) electrons. The van der Waals surface area contributed by atoms with Crippen LogP contribution in [0.2, 0.25) is 0 Å². The maximum Gasteiger partial charge on any atom is 0.573 e. The average Bonchev–Trinajstić information content (AvgIpc) is 2.67. The Labute approximate surface area is 162 Å². The van der Waals surface area contributed by atoms with Crippen molar-refractivity contribution < 1.29 is 27.8 Å². The van der Waals surface area contributed by atoms with Crippen LogP contribution in [0.1, 0.15) is 0 Å². The summed E-state index contributed by atoms with van der Waals surface area (Å²) in [5, 5.41) is 14.1. The summed E-state index contributed by atoms with van der Waals surface area (Å²) in [5.41, 5.74) is 0.820. The molecule has 0 aliphatic rings. The first kappa shape index (κ1) is 19.9. The van der Waals surface area contributed by atoms with Crippen molar-refractivity contribution in [1.82, 2.24) is 15.0 Å². The van der Waals surface area contributed by atoms with Gasteiger partial charge < -0.3 is 20.5 Å². The predicted molar refractivity (Wildman–Crippen MR) is 97.8 cm³/mol. The fraction of sp³-hybridized carbons (Fsp3) is 0.111. The molecule has 29 heavy (non-hydrogen) atoms. The number of benzene rings is 1. The van der Waals surface area contributed by atoms with Gasteiger partial charge in [-0.3, -0.25) is 9.78 Å². The molecule has 1 aromatic carbocycles. The van der Waals surface area contributed by atoms with Gasteiger partial charge in [-0.05, 0) is 24.3 Å². The van der Waals surface area contributed by atoms with Crippen LogP contribution < -0.4 is 15.4 Å². The number of halogens is 3. The highest BCUT2D eigenvalue weighted by Gasteiger charge is 2.32. The van der Waals surface area contributed by atoms with Crippen molar-refractivity contribution in [2.45, 2.75) is 6.36 Å². The van der Waals surface area contributed by atoms with E-state index in [0.717, 1.165) is 6.07 Å². The highest BCUT2D eigenvalue weighted by molar-refractivity contribution is 5.73. The van der Waals surface area contributed by atoms with Gasteiger partial charge in [0.25, 0.3) is 0 Å². The van der Waals surface area contributed by atoms with Crippen LogP contribution in [0.5, 0.6) is 5.75 Å². The van der Waals surface area contributed by atoms with Crippen LogP contribution in [0.3, 0.4) is 0 Å². The predicted octanol–water partition coefficient (Wildman–Crippen LogP) is 3.68. The number of ether oxygens (including phenoxy) is 1. The summed E-state index contributed by atoms with van der Waals surface area (Å²) in [6.45, 7) is -0.446. The lowest BCUT2D eigenvalue weighted by atomic mass is 10.2. The molecule has 0 spiro atoms. The number of rotatable bonds is 7. The summed E-state index contributed by atoms with van der Waals surface area (Å²) in [6, 6.07) is 12.0. The van der Waals surface area contributed by atoms with Crippen LogP contribution in [-0.4, -0.2) is 38.9 Å². The van der Waals surface area contributed by atoms with Crippen molar-refractivity contribution in [3.63, 3.8) is 0 Å². The van der Waals surface area contributed by atoms with E-state index in [9.17, 15) is 18.0 Å². The number of carbonyl (C=O) groups is 1. The number of carboxylic acids is 1. The van der Waals surface area contributed by atoms with E-state index in [1.54, 1.807) is 24.4 Å². The normalized spacial score (nSPS) is 11.0. The zero-order valence-corrected chi connectivity index (χ0v) is 14.6. The largest absolute Gasteiger partial charge is 0.573 e. The molecule has 8 nitrogen and oxygen atoms in total. The molecule has 150 valence electrons. The van der Waals surface area contributed by atoms with Gasteiger partial charge in [-0.1, -0.05) is 18.2 Å². The standard InChI is InChI=1S/C18H14F3N5O3/c19-18(20,21)29-14-7-2-1-6-12(14)24-15-9-13(11-5-3-4-8-22-11)25-17(26-15)23-10-16(27)28/h1-9H,10H2,(H,27,28)(H2,23,24,25,26). The molecule has 0 atom stereocenters. The number of aliphatic carboxylic acids is 1. The number of carboxylic acid groups (broad SMARTS) is 1. The Hall–Kier alpha value is -3.89. The summed E-state index contributed by atoms with van der Waals surface area (Å²) in [4.78, 5) is 23.3. The van der Waals surface area contributed by atoms with E-state index in [1.165, 1.54) is 24.3 Å². The minimum absolute atomic E-state index is 0.0136. The van der Waals surface area contributed by atoms with E-state index in [2.05, 4.69) is 30.3 Å². The summed E-state index contributed by atoms with van der Waals surface area (Å²) in [6.07, 6.45) is -3.32. The van der Waals surface area contributed by atoms with Crippen LogP contribution in [0, 0.1) is 0 Å². The lowest BCUT2D eigenvalue weighted by Crippen LogP contribution is -2.18. The van der Waals surface area contributed by atoms with Crippen molar-refractivity contribution in [1.29, 1.82) is 0 Å². The van der Waals surface area contributed by atoms with Crippen molar-refractivity contribution >= 4 is 23.4 Å². The number of para-hydroxylation sites is 2. The van der Waals surface area contributed by atoms with Gasteiger partial charge >= 0.3 is 12.3 Å². The molecule has 3 N–H and O–H groups in total. The molecule has 0 saturated carbocycles. The maximum absolute atomic E-state index is 12.6. The molecule has 3 aromatic rings. The lowest BCUT2D eigenvalue weighted by molar-refractivity contribution is -0.274. The van der Waals surface area contributed by atoms with E-state index < -0.39 is 24.6 Å². The number of hydrogen-bond donors (Lipinski definition) is 3. The lowest BCUT2D eigenvalue weighted by Gasteiger charge is -2.15. The molecule has 0 unspecified atom stereocenters. The van der Waals surface area contributed by atoms with E-state index in [0.29, 0.717) is 11.4 Å². The quantitative estimate of drug-likeness (QED) is 0.546. The number of pyridine rings is 1. The van der Waals surface area contributed by atoms with Gasteiger partial charge in [-0.15, -0.1) is 13.2 Å². The topological polar surface area (TPSA) is 109 Å². The molecule has 0 amide bonds. The summed E-state index contributed by atoms with van der Waals surface area (Å²) in [7, 11) is 0. The summed E-state index contributed by atoms with van der Waals surface area (Å²) in [5.74, 6) is -1.49. The Balaban J connectivity index is 1.96. The molecular formula is C18H14F3N5O3. The molecule has 0 aliphatic carbocycles. The van der Waals surface area contributed by atoms with Gasteiger partial charge in [0, 0.05) is 12.3 Å². The SMILES string of the molecule is O=C(O)CNc1nc(Nc2ccccc2OC(F)(F)F)cc(-c2ccccn2)n1. The van der Waals surface area contributed by atoms with Crippen molar-refractivity contribution in [2.24, 2.45) is 0 Å². The van der Waals surface area contributed by atoms with E-state index in [4.69, 9.17) is 5.11 Å². The third kappa shape index (κ3) is 5.79. The highest BCUT2D eigenvalue weighted by Crippen LogP contribution is 2.32. The fourth-order valence-electron chi connectivity index (χ4n) is 2.31. The molecule has 0 aliphatic heterocycles. The van der Waals surface area contributed by atoms with Gasteiger partial charge in [0.15, 0.2) is 5.75 Å². The van der Waals surface area contributed by atoms with Crippen LogP contribution in [-0.2, 0) is 4.79 Å². The number of hydrogen-bond acceptors (Lipinski definition) is 7. The van der Waals surface area contributed by atoms with Crippen LogP contribution in [0.15, 0.2) is 54.7 Å². The van der Waals surface area contributed by atoms with Crippen molar-refractivity contribution in [3.05, 3.63) is 54.7 Å².